The second-order valence-corrected chi connectivity index (χ2v) is 9.40. The predicted molar refractivity (Wildman–Crippen MR) is 138 cm³/mol. The Morgan fingerprint density at radius 2 is 1.51 bits per heavy atom. The van der Waals surface area contributed by atoms with Gasteiger partial charge in [0.15, 0.2) is 0 Å². The van der Waals surface area contributed by atoms with Gasteiger partial charge in [-0.3, -0.25) is 14.4 Å². The zero-order valence-electron chi connectivity index (χ0n) is 20.9. The fraction of sp³-hybridized carbons (Fsp3) is 0.654. The molecular weight excluding hydrogens is 444 g/mol. The van der Waals surface area contributed by atoms with Crippen LogP contribution < -0.4 is 27.8 Å². The number of nitrogens with one attached hydrogen (secondary N) is 2. The van der Waals surface area contributed by atoms with Crippen molar-refractivity contribution in [1.29, 1.82) is 0 Å². The van der Waals surface area contributed by atoms with E-state index in [1.807, 2.05) is 30.3 Å². The minimum Gasteiger partial charge on any atom is -0.352 e. The summed E-state index contributed by atoms with van der Waals surface area (Å²) < 4.78 is 0. The van der Waals surface area contributed by atoms with Crippen molar-refractivity contribution in [1.82, 2.24) is 15.5 Å². The van der Waals surface area contributed by atoms with E-state index < -0.39 is 18.0 Å². The molecule has 35 heavy (non-hydrogen) atoms. The summed E-state index contributed by atoms with van der Waals surface area (Å²) in [7, 11) is 0. The summed E-state index contributed by atoms with van der Waals surface area (Å²) in [6, 6.07) is 8.18. The van der Waals surface area contributed by atoms with Crippen molar-refractivity contribution in [3.05, 3.63) is 35.9 Å². The van der Waals surface area contributed by atoms with Crippen molar-refractivity contribution in [3.8, 4) is 0 Å². The van der Waals surface area contributed by atoms with E-state index >= 15 is 0 Å². The fourth-order valence-corrected chi connectivity index (χ4v) is 4.49. The van der Waals surface area contributed by atoms with Crippen LogP contribution in [0.4, 0.5) is 0 Å². The Bertz CT molecular complexity index is 762. The van der Waals surface area contributed by atoms with Crippen LogP contribution in [-0.4, -0.2) is 66.9 Å². The van der Waals surface area contributed by atoms with Crippen molar-refractivity contribution < 1.29 is 14.4 Å². The third kappa shape index (κ3) is 10.8. The van der Waals surface area contributed by atoms with Gasteiger partial charge in [0.2, 0.25) is 17.7 Å². The van der Waals surface area contributed by atoms with Crippen molar-refractivity contribution >= 4 is 17.7 Å². The molecule has 0 aliphatic heterocycles. The number of carbonyl (C=O) groups excluding carboxylic acids is 3. The molecule has 196 valence electrons. The van der Waals surface area contributed by atoms with E-state index in [1.54, 1.807) is 0 Å². The highest BCUT2D eigenvalue weighted by atomic mass is 16.2. The van der Waals surface area contributed by atoms with Gasteiger partial charge < -0.3 is 32.7 Å². The normalized spacial score (nSPS) is 16.4. The van der Waals surface area contributed by atoms with Crippen molar-refractivity contribution in [2.24, 2.45) is 17.2 Å². The average molecular weight is 489 g/mol. The van der Waals surface area contributed by atoms with Gasteiger partial charge >= 0.3 is 0 Å². The molecule has 9 nitrogen and oxygen atoms in total. The number of nitrogens with two attached hydrogens (primary N) is 3. The second-order valence-electron chi connectivity index (χ2n) is 9.40. The van der Waals surface area contributed by atoms with Gasteiger partial charge in [0, 0.05) is 32.2 Å². The molecule has 1 aromatic rings. The molecule has 0 spiro atoms. The molecule has 1 fully saturated rings. The van der Waals surface area contributed by atoms with Gasteiger partial charge in [0.05, 0.1) is 12.5 Å². The Morgan fingerprint density at radius 1 is 0.914 bits per heavy atom. The van der Waals surface area contributed by atoms with Crippen LogP contribution in [0.2, 0.25) is 0 Å². The smallest absolute Gasteiger partial charge is 0.242 e. The number of rotatable bonds is 13. The largest absolute Gasteiger partial charge is 0.352 e. The number of nitrogens with zero attached hydrogens (tertiary/aromatic N) is 1. The fourth-order valence-electron chi connectivity index (χ4n) is 4.49. The number of amides is 3. The highest BCUT2D eigenvalue weighted by Crippen LogP contribution is 2.17. The number of hydrogen-bond acceptors (Lipinski definition) is 6. The van der Waals surface area contributed by atoms with Gasteiger partial charge in [-0.1, -0.05) is 62.4 Å². The first-order valence-corrected chi connectivity index (χ1v) is 13.0. The molecule has 2 unspecified atom stereocenters. The first-order valence-electron chi connectivity index (χ1n) is 13.0. The van der Waals surface area contributed by atoms with E-state index in [9.17, 15) is 14.4 Å². The van der Waals surface area contributed by atoms with E-state index in [1.165, 1.54) is 24.2 Å². The quantitative estimate of drug-likeness (QED) is 0.276. The molecule has 0 radical (unpaired) electrons. The minimum atomic E-state index is -1.06. The van der Waals surface area contributed by atoms with Crippen LogP contribution in [0.15, 0.2) is 30.3 Å². The molecular formula is C26H44N6O3. The molecule has 3 amide bonds. The molecule has 0 bridgehead atoms. The molecule has 1 aromatic carbocycles. The summed E-state index contributed by atoms with van der Waals surface area (Å²) in [6.45, 7) is 1.31. The summed E-state index contributed by atoms with van der Waals surface area (Å²) in [6.07, 6.45) is 8.66. The molecule has 0 aromatic heterocycles. The van der Waals surface area contributed by atoms with Gasteiger partial charge in [0.25, 0.3) is 0 Å². The molecule has 2 rings (SSSR count). The van der Waals surface area contributed by atoms with Crippen molar-refractivity contribution in [3.63, 3.8) is 0 Å². The Morgan fingerprint density at radius 3 is 2.11 bits per heavy atom. The van der Waals surface area contributed by atoms with Crippen LogP contribution in [0.5, 0.6) is 0 Å². The molecule has 0 heterocycles. The second kappa shape index (κ2) is 16.2. The van der Waals surface area contributed by atoms with E-state index in [-0.39, 0.29) is 24.3 Å². The van der Waals surface area contributed by atoms with Crippen LogP contribution in [0.1, 0.15) is 63.4 Å². The van der Waals surface area contributed by atoms with Crippen molar-refractivity contribution in [2.45, 2.75) is 82.3 Å². The summed E-state index contributed by atoms with van der Waals surface area (Å²) in [5.74, 6) is -0.973. The topological polar surface area (TPSA) is 157 Å². The maximum Gasteiger partial charge on any atom is 0.242 e. The van der Waals surface area contributed by atoms with Crippen LogP contribution in [-0.2, 0) is 20.8 Å². The Balaban J connectivity index is 2.01. The van der Waals surface area contributed by atoms with Gasteiger partial charge in [-0.25, -0.2) is 0 Å². The van der Waals surface area contributed by atoms with Crippen LogP contribution in [0.25, 0.3) is 0 Å². The molecule has 8 N–H and O–H groups in total. The first kappa shape index (κ1) is 28.7. The van der Waals surface area contributed by atoms with E-state index in [4.69, 9.17) is 17.2 Å². The highest BCUT2D eigenvalue weighted by Gasteiger charge is 2.27. The first-order chi connectivity index (χ1) is 16.9. The number of aryl methyl sites for hydroxylation is 1. The lowest BCUT2D eigenvalue weighted by Crippen LogP contribution is -2.54. The molecule has 1 aliphatic carbocycles. The Labute approximate surface area is 209 Å². The number of carbonyl (C=O) groups is 3. The molecule has 0 saturated heterocycles. The van der Waals surface area contributed by atoms with Gasteiger partial charge in [-0.2, -0.15) is 0 Å². The highest BCUT2D eigenvalue weighted by molar-refractivity contribution is 5.92. The third-order valence-electron chi connectivity index (χ3n) is 6.53. The number of hydrogen-bond donors (Lipinski definition) is 5. The lowest BCUT2D eigenvalue weighted by Gasteiger charge is -2.26. The maximum atomic E-state index is 13.2. The van der Waals surface area contributed by atoms with E-state index in [0.29, 0.717) is 39.0 Å². The zero-order chi connectivity index (χ0) is 25.5. The summed E-state index contributed by atoms with van der Waals surface area (Å²) >= 11 is 0. The average Bonchev–Trinajstić information content (AvgIpc) is 2.83. The molecule has 9 heteroatoms. The lowest BCUT2D eigenvalue weighted by atomic mass is 9.96. The summed E-state index contributed by atoms with van der Waals surface area (Å²) in [5, 5.41) is 5.98. The standard InChI is InChI=1S/C26H44N6O3/c27-15-17-32(18-16-28)24(33)19-22(29)25(34)31-23(14-13-20-9-5-4-6-10-20)26(35)30-21-11-7-2-1-3-8-12-21/h4-6,9-10,21-23H,1-3,7-8,11-19,27-29H2,(H,30,35)(H,31,34). The number of benzene rings is 1. The molecule has 2 atom stereocenters. The predicted octanol–water partition coefficient (Wildman–Crippen LogP) is 0.797. The summed E-state index contributed by atoms with van der Waals surface area (Å²) in [5.41, 5.74) is 18.3. The van der Waals surface area contributed by atoms with Crippen LogP contribution >= 0.6 is 0 Å². The third-order valence-corrected chi connectivity index (χ3v) is 6.53. The maximum absolute atomic E-state index is 13.2. The van der Waals surface area contributed by atoms with Gasteiger partial charge in [-0.15, -0.1) is 0 Å². The Hall–Kier alpha value is -2.49. The van der Waals surface area contributed by atoms with Gasteiger partial charge in [0.1, 0.15) is 6.04 Å². The molecule has 1 aliphatic rings. The minimum absolute atomic E-state index is 0.121. The Kier molecular flexibility index (Phi) is 13.3. The SMILES string of the molecule is NCCN(CCN)C(=O)CC(N)C(=O)NC(CCc1ccccc1)C(=O)NC1CCCCCCC1. The van der Waals surface area contributed by atoms with Gasteiger partial charge in [-0.05, 0) is 31.2 Å². The molecule has 1 saturated carbocycles. The monoisotopic (exact) mass is 488 g/mol. The van der Waals surface area contributed by atoms with E-state index in [2.05, 4.69) is 10.6 Å². The van der Waals surface area contributed by atoms with Crippen LogP contribution in [0, 0.1) is 0 Å². The summed E-state index contributed by atoms with van der Waals surface area (Å²) in [4.78, 5) is 40.2. The zero-order valence-corrected chi connectivity index (χ0v) is 20.9. The van der Waals surface area contributed by atoms with E-state index in [0.717, 1.165) is 31.2 Å². The van der Waals surface area contributed by atoms with Crippen LogP contribution in [0.3, 0.4) is 0 Å². The van der Waals surface area contributed by atoms with Crippen molar-refractivity contribution in [2.75, 3.05) is 26.2 Å². The lowest BCUT2D eigenvalue weighted by molar-refractivity contribution is -0.135.